The summed E-state index contributed by atoms with van der Waals surface area (Å²) in [6.45, 7) is 3.99. The smallest absolute Gasteiger partial charge is 0.406 e. The first-order valence-electron chi connectivity index (χ1n) is 29.2. The van der Waals surface area contributed by atoms with E-state index in [1.807, 2.05) is 63.0 Å². The number of para-hydroxylation sites is 2. The topological polar surface area (TPSA) is 221 Å². The molecule has 0 unspecified atom stereocenters. The molecule has 0 aliphatic carbocycles. The van der Waals surface area contributed by atoms with Crippen LogP contribution in [0, 0.1) is 45.6 Å². The van der Waals surface area contributed by atoms with Crippen LogP contribution >= 0.6 is 22.7 Å². The summed E-state index contributed by atoms with van der Waals surface area (Å²) in [6.07, 6.45) is -1.71. The molecule has 10 aromatic rings. The molecule has 4 aromatic carbocycles. The number of amides is 3. The Morgan fingerprint density at radius 3 is 1.40 bits per heavy atom. The lowest BCUT2D eigenvalue weighted by Gasteiger charge is -2.37. The summed E-state index contributed by atoms with van der Waals surface area (Å²) in [6, 6.07) is 38.7. The molecule has 0 N–H and O–H groups in total. The highest BCUT2D eigenvalue weighted by Crippen LogP contribution is 2.34. The fourth-order valence-corrected chi connectivity index (χ4v) is 13.3. The summed E-state index contributed by atoms with van der Waals surface area (Å²) in [4.78, 5) is 88.9. The molecule has 0 spiro atoms. The van der Waals surface area contributed by atoms with Crippen molar-refractivity contribution in [1.82, 2.24) is 28.4 Å². The third kappa shape index (κ3) is 13.2. The minimum atomic E-state index is -4.60. The number of aromatic nitrogens is 3. The maximum absolute atomic E-state index is 13.9. The first kappa shape index (κ1) is 63.7. The van der Waals surface area contributed by atoms with Gasteiger partial charge in [0.05, 0.1) is 61.7 Å². The molecule has 13 rings (SSSR count). The Kier molecular flexibility index (Phi) is 18.7. The number of benzene rings is 4. The molecule has 0 bridgehead atoms. The van der Waals surface area contributed by atoms with Crippen LogP contribution in [0.5, 0.6) is 0 Å². The van der Waals surface area contributed by atoms with Gasteiger partial charge in [0.2, 0.25) is 0 Å². The molecule has 0 saturated carbocycles. The Morgan fingerprint density at radius 2 is 0.946 bits per heavy atom. The fraction of sp³-hybridized carbons (Fsp3) is 0.239. The summed E-state index contributed by atoms with van der Waals surface area (Å²) in [5.41, 5.74) is 1.99. The van der Waals surface area contributed by atoms with Gasteiger partial charge in [-0.25, -0.2) is 8.78 Å². The largest absolute Gasteiger partial charge is 0.472 e. The summed E-state index contributed by atoms with van der Waals surface area (Å²) >= 11 is 2.76. The first-order valence-corrected chi connectivity index (χ1v) is 31.0. The number of anilines is 3. The number of alkyl halides is 3. The summed E-state index contributed by atoms with van der Waals surface area (Å²) in [7, 11) is 1.57. The number of carbonyl (C=O) groups is 3. The van der Waals surface area contributed by atoms with Crippen LogP contribution in [0.3, 0.4) is 0 Å². The third-order valence-electron chi connectivity index (χ3n) is 16.4. The van der Waals surface area contributed by atoms with Crippen LogP contribution in [-0.2, 0) is 20.1 Å². The average Bonchev–Trinajstić information content (AvgIpc) is 1.19. The molecule has 472 valence electrons. The number of nitriles is 3. The van der Waals surface area contributed by atoms with Gasteiger partial charge in [-0.05, 0) is 77.0 Å². The number of nitrogens with zero attached hydrogens (tertiary/aromatic N) is 12. The van der Waals surface area contributed by atoms with Gasteiger partial charge in [0.25, 0.3) is 34.4 Å². The highest BCUT2D eigenvalue weighted by molar-refractivity contribution is 7.12. The molecular formula is C67H55F5N12O7S2. The van der Waals surface area contributed by atoms with Gasteiger partial charge in [-0.2, -0.15) is 29.0 Å². The number of fused-ring (bicyclic) bond motifs is 3. The van der Waals surface area contributed by atoms with Gasteiger partial charge in [-0.3, -0.25) is 33.3 Å². The van der Waals surface area contributed by atoms with Crippen LogP contribution in [0.2, 0.25) is 0 Å². The Morgan fingerprint density at radius 1 is 0.505 bits per heavy atom. The lowest BCUT2D eigenvalue weighted by Crippen LogP contribution is -2.49. The number of halogens is 5. The zero-order valence-corrected chi connectivity index (χ0v) is 51.3. The van der Waals surface area contributed by atoms with Crippen LogP contribution in [0.1, 0.15) is 52.0 Å². The molecule has 26 heteroatoms. The maximum atomic E-state index is 13.9. The van der Waals surface area contributed by atoms with Crippen LogP contribution < -0.4 is 31.4 Å². The Balaban J connectivity index is 0.000000143. The molecule has 19 nitrogen and oxygen atoms in total. The number of hydrogen-bond donors (Lipinski definition) is 0. The predicted molar refractivity (Wildman–Crippen MR) is 343 cm³/mol. The Labute approximate surface area is 535 Å². The second-order valence-corrected chi connectivity index (χ2v) is 23.8. The number of aryl methyl sites for hydroxylation is 1. The number of rotatable bonds is 9. The second kappa shape index (κ2) is 27.3. The van der Waals surface area contributed by atoms with E-state index in [-0.39, 0.29) is 52.3 Å². The minimum absolute atomic E-state index is 0.00127. The molecule has 0 radical (unpaired) electrons. The van der Waals surface area contributed by atoms with Gasteiger partial charge >= 0.3 is 6.18 Å². The Hall–Kier alpha value is -10.9. The van der Waals surface area contributed by atoms with Crippen molar-refractivity contribution in [3.63, 3.8) is 0 Å². The van der Waals surface area contributed by atoms with Crippen molar-refractivity contribution < 1.29 is 40.8 Å². The number of pyridine rings is 3. The highest BCUT2D eigenvalue weighted by Gasteiger charge is 2.34. The van der Waals surface area contributed by atoms with E-state index in [1.54, 1.807) is 91.9 Å². The van der Waals surface area contributed by atoms with Gasteiger partial charge in [-0.15, -0.1) is 22.7 Å². The molecule has 3 amide bonds. The standard InChI is InChI=1S/C26H21FN4O3.C21H17F3N4O2S.C20H17FN4O2S/c27-20-7-5-18(6-8-20)16-31-23-4-2-1-3-21(23)24(22(15-28)26(31)33)29-10-12-30(13-11-29)25(32)19-9-14-34-17-19;22-21(23,24)13-28-16-5-2-1-4-14(16)18(15(12-25)19(28)29)26-7-9-27(10-8-26)20(30)17-6-3-11-31-17;1-23-16-5-4-13(21)11-14(16)18(15(12-22)19(23)26)24-6-8-25(9-7-24)20(27)17-3-2-10-28-17/h1-9,14,17H,10-13,16H2;1-6,11H,7-10,13H2;2-5,10-11H,6-9H2,1H3. The van der Waals surface area contributed by atoms with E-state index in [9.17, 15) is 66.5 Å². The van der Waals surface area contributed by atoms with Crippen molar-refractivity contribution in [2.24, 2.45) is 7.05 Å². The predicted octanol–water partition coefficient (Wildman–Crippen LogP) is 9.65. The molecule has 3 aliphatic rings. The van der Waals surface area contributed by atoms with Crippen molar-refractivity contribution in [3.05, 3.63) is 225 Å². The average molecular weight is 1300 g/mol. The van der Waals surface area contributed by atoms with E-state index in [1.165, 1.54) is 70.1 Å². The van der Waals surface area contributed by atoms with E-state index >= 15 is 0 Å². The molecular weight excluding hydrogens is 1240 g/mol. The minimum Gasteiger partial charge on any atom is -0.472 e. The number of furan rings is 1. The molecule has 6 aromatic heterocycles. The van der Waals surface area contributed by atoms with Crippen molar-refractivity contribution in [2.45, 2.75) is 19.3 Å². The van der Waals surface area contributed by atoms with Gasteiger partial charge in [0, 0.05) is 102 Å². The molecule has 93 heavy (non-hydrogen) atoms. The SMILES string of the molecule is Cn1c(=O)c(C#N)c(N2CCN(C(=O)c3cccs3)CC2)c2cc(F)ccc21.N#Cc1c(N2CCN(C(=O)c3cccs3)CC2)c2ccccc2n(CC(F)(F)F)c1=O.N#Cc1c(N2CCN(C(=O)c3ccoc3)CC2)c2ccccc2n(Cc2ccc(F)cc2)c1=O. The van der Waals surface area contributed by atoms with E-state index in [0.717, 1.165) is 10.9 Å². The van der Waals surface area contributed by atoms with Crippen LogP contribution in [0.25, 0.3) is 32.7 Å². The van der Waals surface area contributed by atoms with E-state index in [2.05, 4.69) is 6.07 Å². The third-order valence-corrected chi connectivity index (χ3v) is 18.1. The van der Waals surface area contributed by atoms with Gasteiger partial charge in [-0.1, -0.05) is 60.7 Å². The molecule has 0 atom stereocenters. The lowest BCUT2D eigenvalue weighted by molar-refractivity contribution is -0.140. The monoisotopic (exact) mass is 1300 g/mol. The zero-order chi connectivity index (χ0) is 65.7. The summed E-state index contributed by atoms with van der Waals surface area (Å²) in [5, 5.41) is 34.6. The van der Waals surface area contributed by atoms with Gasteiger partial charge in [0.1, 0.15) is 59.3 Å². The number of thiophene rings is 2. The molecule has 9 heterocycles. The Bertz CT molecular complexity index is 4780. The lowest BCUT2D eigenvalue weighted by atomic mass is 10.1. The van der Waals surface area contributed by atoms with Gasteiger partial charge < -0.3 is 43.0 Å². The van der Waals surface area contributed by atoms with Crippen molar-refractivity contribution >= 4 is 90.2 Å². The zero-order valence-electron chi connectivity index (χ0n) is 49.7. The van der Waals surface area contributed by atoms with Gasteiger partial charge in [0.15, 0.2) is 0 Å². The highest BCUT2D eigenvalue weighted by atomic mass is 32.1. The van der Waals surface area contributed by atoms with Crippen LogP contribution in [-0.4, -0.2) is 131 Å². The van der Waals surface area contributed by atoms with Crippen LogP contribution in [0.15, 0.2) is 163 Å². The maximum Gasteiger partial charge on any atom is 0.406 e. The molecule has 3 aliphatic heterocycles. The van der Waals surface area contributed by atoms with E-state index in [4.69, 9.17) is 4.42 Å². The van der Waals surface area contributed by atoms with Crippen molar-refractivity contribution in [3.8, 4) is 18.2 Å². The molecule has 3 fully saturated rings. The summed E-state index contributed by atoms with van der Waals surface area (Å²) in [5.74, 6) is -0.980. The normalized spacial score (nSPS) is 14.2. The van der Waals surface area contributed by atoms with Crippen molar-refractivity contribution in [2.75, 3.05) is 93.2 Å². The van der Waals surface area contributed by atoms with Crippen molar-refractivity contribution in [1.29, 1.82) is 15.8 Å². The molecule has 3 saturated heterocycles. The summed E-state index contributed by atoms with van der Waals surface area (Å²) < 4.78 is 75.1. The second-order valence-electron chi connectivity index (χ2n) is 21.9. The number of hydrogen-bond acceptors (Lipinski definition) is 15. The van der Waals surface area contributed by atoms with Crippen LogP contribution in [0.4, 0.5) is 39.0 Å². The quantitative estimate of drug-likeness (QED) is 0.123. The number of carbonyl (C=O) groups excluding carboxylic acids is 3. The van der Waals surface area contributed by atoms with E-state index in [0.29, 0.717) is 137 Å². The number of piperazine rings is 3. The fourth-order valence-electron chi connectivity index (χ4n) is 11.9. The van der Waals surface area contributed by atoms with E-state index < -0.39 is 35.2 Å². The first-order chi connectivity index (χ1) is 44.9.